The van der Waals surface area contributed by atoms with Gasteiger partial charge in [-0.2, -0.15) is 21.0 Å². The molecule has 0 aliphatic rings. The van der Waals surface area contributed by atoms with Crippen molar-refractivity contribution in [3.05, 3.63) is 161 Å². The van der Waals surface area contributed by atoms with Gasteiger partial charge in [-0.3, -0.25) is 0 Å². The molecule has 250 valence electrons. The van der Waals surface area contributed by atoms with Crippen molar-refractivity contribution < 1.29 is 4.42 Å². The van der Waals surface area contributed by atoms with Crippen LogP contribution in [-0.4, -0.2) is 9.13 Å². The molecule has 0 amide bonds. The van der Waals surface area contributed by atoms with Gasteiger partial charge in [0.1, 0.15) is 23.3 Å². The Kier molecular flexibility index (Phi) is 6.63. The van der Waals surface area contributed by atoms with Crippen molar-refractivity contribution in [2.75, 3.05) is 0 Å². The van der Waals surface area contributed by atoms with Crippen LogP contribution < -0.4 is 0 Å². The van der Waals surface area contributed by atoms with Gasteiger partial charge in [-0.05, 0) is 60.2 Å². The fourth-order valence-electron chi connectivity index (χ4n) is 8.29. The van der Waals surface area contributed by atoms with Gasteiger partial charge in [-0.1, -0.05) is 72.8 Å². The molecular formula is C47H21N7O. The first-order valence-electron chi connectivity index (χ1n) is 17.3. The van der Waals surface area contributed by atoms with E-state index in [1.54, 1.807) is 12.1 Å². The van der Waals surface area contributed by atoms with Gasteiger partial charge in [0.25, 0.3) is 0 Å². The minimum absolute atomic E-state index is 0.0252. The molecule has 8 heteroatoms. The highest BCUT2D eigenvalue weighted by Gasteiger charge is 2.30. The molecule has 0 atom stereocenters. The lowest BCUT2D eigenvalue weighted by Gasteiger charge is -2.19. The summed E-state index contributed by atoms with van der Waals surface area (Å²) in [6, 6.07) is 49.5. The summed E-state index contributed by atoms with van der Waals surface area (Å²) in [5.74, 6) is 0. The molecule has 0 N–H and O–H groups in total. The third kappa shape index (κ3) is 4.21. The van der Waals surface area contributed by atoms with Crippen LogP contribution in [0.3, 0.4) is 0 Å². The number of para-hydroxylation sites is 4. The Labute approximate surface area is 312 Å². The number of rotatable bonds is 3. The van der Waals surface area contributed by atoms with E-state index in [2.05, 4.69) is 33.7 Å². The van der Waals surface area contributed by atoms with Crippen LogP contribution in [0, 0.1) is 51.9 Å². The highest BCUT2D eigenvalue weighted by molar-refractivity contribution is 6.24. The maximum absolute atomic E-state index is 11.2. The van der Waals surface area contributed by atoms with E-state index in [0.717, 1.165) is 48.9 Å². The van der Waals surface area contributed by atoms with Crippen LogP contribution >= 0.6 is 0 Å². The van der Waals surface area contributed by atoms with E-state index in [1.807, 2.05) is 120 Å². The van der Waals surface area contributed by atoms with Gasteiger partial charge in [0.15, 0.2) is 0 Å². The van der Waals surface area contributed by atoms with E-state index in [-0.39, 0.29) is 33.6 Å². The Morgan fingerprint density at radius 3 is 1.76 bits per heavy atom. The third-order valence-corrected chi connectivity index (χ3v) is 10.5. The summed E-state index contributed by atoms with van der Waals surface area (Å²) in [7, 11) is 0. The maximum atomic E-state index is 11.2. The number of furan rings is 1. The van der Waals surface area contributed by atoms with E-state index >= 15 is 0 Å². The number of benzene rings is 7. The van der Waals surface area contributed by atoms with Crippen molar-refractivity contribution in [3.8, 4) is 46.8 Å². The highest BCUT2D eigenvalue weighted by Crippen LogP contribution is 2.47. The normalized spacial score (nSPS) is 11.2. The second-order valence-corrected chi connectivity index (χ2v) is 13.2. The zero-order valence-corrected chi connectivity index (χ0v) is 28.7. The molecule has 0 bridgehead atoms. The average Bonchev–Trinajstić information content (AvgIpc) is 3.90. The molecule has 10 aromatic rings. The molecule has 7 aromatic carbocycles. The number of fused-ring (bicyclic) bond motifs is 10. The summed E-state index contributed by atoms with van der Waals surface area (Å²) >= 11 is 0. The topological polar surface area (TPSA) is 123 Å². The van der Waals surface area contributed by atoms with Crippen molar-refractivity contribution in [1.82, 2.24) is 9.13 Å². The summed E-state index contributed by atoms with van der Waals surface area (Å²) in [5.41, 5.74) is 5.84. The van der Waals surface area contributed by atoms with E-state index in [4.69, 9.17) is 11.0 Å². The van der Waals surface area contributed by atoms with Crippen LogP contribution in [0.25, 0.3) is 92.9 Å². The standard InChI is InChI=1S/C47H21N7O/c1-52-45-35(24-49)36(25-50)46(54-40-16-8-4-13-34(40)44-41(54)19-18-33-32-12-5-9-17-42(32)55-47(33)44)37(26-51)43(45)28-20-27(23-48)21-29(22-28)53-38-14-6-2-10-30(38)31-11-3-7-15-39(31)53/h2-22H. The van der Waals surface area contributed by atoms with Gasteiger partial charge in [-0.25, -0.2) is 4.85 Å². The fraction of sp³-hybridized carbons (Fsp3) is 0. The Bertz CT molecular complexity index is 3510. The smallest absolute Gasteiger partial charge is 0.215 e. The molecule has 0 unspecified atom stereocenters. The van der Waals surface area contributed by atoms with Crippen molar-refractivity contribution in [3.63, 3.8) is 0 Å². The molecule has 3 aromatic heterocycles. The summed E-state index contributed by atoms with van der Waals surface area (Å²) in [5, 5.41) is 48.6. The van der Waals surface area contributed by atoms with E-state index < -0.39 is 0 Å². The molecule has 3 heterocycles. The minimum atomic E-state index is -0.155. The Morgan fingerprint density at radius 1 is 0.527 bits per heavy atom. The second kappa shape index (κ2) is 11.7. The monoisotopic (exact) mass is 699 g/mol. The van der Waals surface area contributed by atoms with Crippen molar-refractivity contribution >= 4 is 71.2 Å². The highest BCUT2D eigenvalue weighted by atomic mass is 16.3. The maximum Gasteiger partial charge on any atom is 0.215 e. The number of hydrogen-bond donors (Lipinski definition) is 0. The molecule has 0 fully saturated rings. The SMILES string of the molecule is [C-]#[N+]c1c(C#N)c(C#N)c(-n2c3ccccc3c3c4oc5ccccc5c4ccc32)c(C#N)c1-c1cc(C#N)cc(-n2c3ccccc3c3ccccc32)c1. The van der Waals surface area contributed by atoms with Crippen LogP contribution in [0.4, 0.5) is 5.69 Å². The van der Waals surface area contributed by atoms with Gasteiger partial charge < -0.3 is 13.6 Å². The Morgan fingerprint density at radius 2 is 1.13 bits per heavy atom. The minimum Gasteiger partial charge on any atom is -0.455 e. The zero-order valence-electron chi connectivity index (χ0n) is 28.7. The number of aromatic nitrogens is 2. The molecule has 0 saturated heterocycles. The average molecular weight is 700 g/mol. The van der Waals surface area contributed by atoms with Crippen LogP contribution in [0.5, 0.6) is 0 Å². The van der Waals surface area contributed by atoms with Crippen molar-refractivity contribution in [2.24, 2.45) is 0 Å². The summed E-state index contributed by atoms with van der Waals surface area (Å²) in [6.07, 6.45) is 0. The first kappa shape index (κ1) is 31.2. The quantitative estimate of drug-likeness (QED) is 0.170. The molecule has 8 nitrogen and oxygen atoms in total. The van der Waals surface area contributed by atoms with Gasteiger partial charge in [0.2, 0.25) is 5.69 Å². The fourth-order valence-corrected chi connectivity index (χ4v) is 8.29. The molecule has 0 radical (unpaired) electrons. The largest absolute Gasteiger partial charge is 0.455 e. The lowest BCUT2D eigenvalue weighted by atomic mass is 9.89. The van der Waals surface area contributed by atoms with Gasteiger partial charge in [0, 0.05) is 38.2 Å². The Balaban J connectivity index is 1.35. The van der Waals surface area contributed by atoms with Gasteiger partial charge >= 0.3 is 0 Å². The van der Waals surface area contributed by atoms with E-state index in [0.29, 0.717) is 33.4 Å². The summed E-state index contributed by atoms with van der Waals surface area (Å²) in [4.78, 5) is 3.81. The first-order valence-corrected chi connectivity index (χ1v) is 17.3. The lowest BCUT2D eigenvalue weighted by molar-refractivity contribution is 0.673. The van der Waals surface area contributed by atoms with Crippen molar-refractivity contribution in [2.45, 2.75) is 0 Å². The van der Waals surface area contributed by atoms with Crippen LogP contribution in [0.1, 0.15) is 22.3 Å². The molecule has 0 aliphatic carbocycles. The predicted molar refractivity (Wildman–Crippen MR) is 213 cm³/mol. The molecule has 0 spiro atoms. The van der Waals surface area contributed by atoms with E-state index in [1.165, 1.54) is 0 Å². The van der Waals surface area contributed by atoms with Crippen LogP contribution in [-0.2, 0) is 0 Å². The first-order chi connectivity index (χ1) is 27.1. The zero-order chi connectivity index (χ0) is 37.4. The Hall–Kier alpha value is -8.61. The summed E-state index contributed by atoms with van der Waals surface area (Å²) < 4.78 is 10.4. The second-order valence-electron chi connectivity index (χ2n) is 13.2. The predicted octanol–water partition coefficient (Wildman–Crippen LogP) is 11.5. The molecule has 10 rings (SSSR count). The molecule has 55 heavy (non-hydrogen) atoms. The number of hydrogen-bond acceptors (Lipinski definition) is 5. The van der Waals surface area contributed by atoms with E-state index in [9.17, 15) is 21.0 Å². The summed E-state index contributed by atoms with van der Waals surface area (Å²) in [6.45, 7) is 8.35. The van der Waals surface area contributed by atoms with Crippen molar-refractivity contribution in [1.29, 1.82) is 21.0 Å². The van der Waals surface area contributed by atoms with Gasteiger partial charge in [0.05, 0.1) is 74.1 Å². The van der Waals surface area contributed by atoms with Crippen LogP contribution in [0.15, 0.2) is 132 Å². The number of nitrogens with zero attached hydrogens (tertiary/aromatic N) is 7. The third-order valence-electron chi connectivity index (χ3n) is 10.5. The lowest BCUT2D eigenvalue weighted by Crippen LogP contribution is -2.06. The molecule has 0 saturated carbocycles. The van der Waals surface area contributed by atoms with Gasteiger partial charge in [-0.15, -0.1) is 0 Å². The molecule has 0 aliphatic heterocycles. The van der Waals surface area contributed by atoms with Crippen LogP contribution in [0.2, 0.25) is 0 Å². The molecular weight excluding hydrogens is 679 g/mol. The number of nitriles is 4.